The standard InChI is InChI=1S/C11H23NO3/c1-7(2)6-8(13)9(12)10(14)15-11(3,4)5/h7-9,13H,6,12H2,1-5H3/t8-,9-/m0/s1. The van der Waals surface area contributed by atoms with E-state index in [2.05, 4.69) is 0 Å². The SMILES string of the molecule is CC(C)C[C@H](O)[C@H](N)C(=O)OC(C)(C)C. The van der Waals surface area contributed by atoms with E-state index in [0.29, 0.717) is 12.3 Å². The van der Waals surface area contributed by atoms with Gasteiger partial charge in [-0.1, -0.05) is 13.8 Å². The number of aliphatic hydroxyl groups is 1. The number of hydrogen-bond donors (Lipinski definition) is 2. The summed E-state index contributed by atoms with van der Waals surface area (Å²) in [4.78, 5) is 11.5. The normalized spacial score (nSPS) is 16.3. The Kier molecular flexibility index (Phi) is 5.24. The third kappa shape index (κ3) is 6.47. The second-order valence-electron chi connectivity index (χ2n) is 5.26. The van der Waals surface area contributed by atoms with E-state index in [1.807, 2.05) is 13.8 Å². The third-order valence-electron chi connectivity index (χ3n) is 1.81. The summed E-state index contributed by atoms with van der Waals surface area (Å²) in [6.07, 6.45) is -0.333. The predicted molar refractivity (Wildman–Crippen MR) is 59.3 cm³/mol. The molecule has 0 saturated heterocycles. The molecule has 2 atom stereocenters. The Morgan fingerprint density at radius 2 is 1.87 bits per heavy atom. The van der Waals surface area contributed by atoms with Gasteiger partial charge in [-0.25, -0.2) is 0 Å². The Hall–Kier alpha value is -0.610. The van der Waals surface area contributed by atoms with E-state index in [0.717, 1.165) is 0 Å². The fourth-order valence-electron chi connectivity index (χ4n) is 1.16. The first-order chi connectivity index (χ1) is 6.63. The predicted octanol–water partition coefficient (Wildman–Crippen LogP) is 1.06. The van der Waals surface area contributed by atoms with Crippen LogP contribution < -0.4 is 5.73 Å². The van der Waals surface area contributed by atoms with Gasteiger partial charge >= 0.3 is 5.97 Å². The van der Waals surface area contributed by atoms with Crippen molar-refractivity contribution in [3.05, 3.63) is 0 Å². The molecule has 0 rings (SSSR count). The second-order valence-corrected chi connectivity index (χ2v) is 5.26. The summed E-state index contributed by atoms with van der Waals surface area (Å²) in [5.41, 5.74) is 5.03. The molecule has 0 aromatic heterocycles. The zero-order chi connectivity index (χ0) is 12.2. The fraction of sp³-hybridized carbons (Fsp3) is 0.909. The molecule has 4 heteroatoms. The molecule has 0 bridgehead atoms. The number of ether oxygens (including phenoxy) is 1. The van der Waals surface area contributed by atoms with Crippen LogP contribution in [0.4, 0.5) is 0 Å². The molecule has 0 aliphatic heterocycles. The number of carbonyl (C=O) groups is 1. The Morgan fingerprint density at radius 3 is 2.20 bits per heavy atom. The number of hydrogen-bond acceptors (Lipinski definition) is 4. The van der Waals surface area contributed by atoms with Crippen molar-refractivity contribution in [1.29, 1.82) is 0 Å². The Morgan fingerprint density at radius 1 is 1.40 bits per heavy atom. The van der Waals surface area contributed by atoms with Gasteiger partial charge in [0.2, 0.25) is 0 Å². The molecule has 0 aliphatic rings. The minimum atomic E-state index is -0.952. The molecule has 0 aromatic carbocycles. The minimum absolute atomic E-state index is 0.300. The van der Waals surface area contributed by atoms with Gasteiger partial charge in [0.25, 0.3) is 0 Å². The van der Waals surface area contributed by atoms with E-state index in [4.69, 9.17) is 10.5 Å². The highest BCUT2D eigenvalue weighted by Crippen LogP contribution is 2.12. The lowest BCUT2D eigenvalue weighted by molar-refractivity contribution is -0.159. The van der Waals surface area contributed by atoms with E-state index in [1.165, 1.54) is 0 Å². The number of aliphatic hydroxyl groups excluding tert-OH is 1. The third-order valence-corrected chi connectivity index (χ3v) is 1.81. The number of nitrogens with two attached hydrogens (primary N) is 1. The smallest absolute Gasteiger partial charge is 0.326 e. The summed E-state index contributed by atoms with van der Waals surface area (Å²) < 4.78 is 5.08. The van der Waals surface area contributed by atoms with Gasteiger partial charge in [-0.15, -0.1) is 0 Å². The van der Waals surface area contributed by atoms with Gasteiger partial charge in [0.15, 0.2) is 0 Å². The van der Waals surface area contributed by atoms with Gasteiger partial charge in [-0.05, 0) is 33.1 Å². The van der Waals surface area contributed by atoms with Crippen LogP contribution in [0.2, 0.25) is 0 Å². The molecule has 0 amide bonds. The molecule has 0 radical (unpaired) electrons. The maximum absolute atomic E-state index is 11.5. The van der Waals surface area contributed by atoms with Gasteiger partial charge in [-0.2, -0.15) is 0 Å². The van der Waals surface area contributed by atoms with Crippen molar-refractivity contribution >= 4 is 5.97 Å². The molecule has 0 fully saturated rings. The minimum Gasteiger partial charge on any atom is -0.459 e. The number of carbonyl (C=O) groups excluding carboxylic acids is 1. The topological polar surface area (TPSA) is 72.5 Å². The summed E-state index contributed by atoms with van der Waals surface area (Å²) in [6.45, 7) is 9.24. The van der Waals surface area contributed by atoms with E-state index < -0.39 is 23.7 Å². The average molecular weight is 217 g/mol. The summed E-state index contributed by atoms with van der Waals surface area (Å²) in [6, 6.07) is -0.952. The zero-order valence-corrected chi connectivity index (χ0v) is 10.3. The van der Waals surface area contributed by atoms with Crippen molar-refractivity contribution in [1.82, 2.24) is 0 Å². The fourth-order valence-corrected chi connectivity index (χ4v) is 1.16. The molecule has 0 aliphatic carbocycles. The van der Waals surface area contributed by atoms with Crippen LogP contribution in [0.5, 0.6) is 0 Å². The van der Waals surface area contributed by atoms with Crippen molar-refractivity contribution in [2.24, 2.45) is 11.7 Å². The highest BCUT2D eigenvalue weighted by molar-refractivity contribution is 5.76. The van der Waals surface area contributed by atoms with E-state index in [9.17, 15) is 9.90 Å². The van der Waals surface area contributed by atoms with Crippen molar-refractivity contribution < 1.29 is 14.6 Å². The van der Waals surface area contributed by atoms with Gasteiger partial charge in [0.1, 0.15) is 11.6 Å². The van der Waals surface area contributed by atoms with Crippen molar-refractivity contribution in [2.45, 2.75) is 58.8 Å². The molecule has 3 N–H and O–H groups in total. The maximum Gasteiger partial charge on any atom is 0.326 e. The van der Waals surface area contributed by atoms with Crippen LogP contribution in [0, 0.1) is 5.92 Å². The van der Waals surface area contributed by atoms with Crippen LogP contribution in [0.3, 0.4) is 0 Å². The lowest BCUT2D eigenvalue weighted by Gasteiger charge is -2.25. The van der Waals surface area contributed by atoms with E-state index in [1.54, 1.807) is 20.8 Å². The zero-order valence-electron chi connectivity index (χ0n) is 10.3. The van der Waals surface area contributed by atoms with Crippen LogP contribution in [-0.4, -0.2) is 28.8 Å². The summed E-state index contributed by atoms with van der Waals surface area (Å²) >= 11 is 0. The Bertz CT molecular complexity index is 208. The molecule has 15 heavy (non-hydrogen) atoms. The van der Waals surface area contributed by atoms with Crippen LogP contribution in [0.15, 0.2) is 0 Å². The highest BCUT2D eigenvalue weighted by atomic mass is 16.6. The molecular formula is C11H23NO3. The van der Waals surface area contributed by atoms with Crippen molar-refractivity contribution in [3.8, 4) is 0 Å². The first-order valence-electron chi connectivity index (χ1n) is 5.30. The van der Waals surface area contributed by atoms with Crippen LogP contribution in [-0.2, 0) is 9.53 Å². The van der Waals surface area contributed by atoms with Gasteiger partial charge in [0, 0.05) is 0 Å². The molecule has 0 spiro atoms. The molecule has 0 saturated carbocycles. The van der Waals surface area contributed by atoms with Crippen molar-refractivity contribution in [3.63, 3.8) is 0 Å². The molecule has 4 nitrogen and oxygen atoms in total. The first-order valence-corrected chi connectivity index (χ1v) is 5.30. The Balaban J connectivity index is 4.20. The van der Waals surface area contributed by atoms with Crippen molar-refractivity contribution in [2.75, 3.05) is 0 Å². The summed E-state index contributed by atoms with van der Waals surface area (Å²) in [5, 5.41) is 9.63. The Labute approximate surface area is 91.8 Å². The molecule has 90 valence electrons. The quantitative estimate of drug-likeness (QED) is 0.691. The van der Waals surface area contributed by atoms with Crippen LogP contribution in [0.1, 0.15) is 41.0 Å². The monoisotopic (exact) mass is 217 g/mol. The van der Waals surface area contributed by atoms with Crippen LogP contribution >= 0.6 is 0 Å². The largest absolute Gasteiger partial charge is 0.459 e. The molecule has 0 heterocycles. The molecule has 0 aromatic rings. The lowest BCUT2D eigenvalue weighted by atomic mass is 10.0. The summed E-state index contributed by atoms with van der Waals surface area (Å²) in [7, 11) is 0. The number of rotatable bonds is 4. The van der Waals surface area contributed by atoms with Crippen LogP contribution in [0.25, 0.3) is 0 Å². The number of esters is 1. The summed E-state index contributed by atoms with van der Waals surface area (Å²) in [5.74, 6) is -0.246. The van der Waals surface area contributed by atoms with Gasteiger partial charge < -0.3 is 15.6 Å². The molecule has 0 unspecified atom stereocenters. The highest BCUT2D eigenvalue weighted by Gasteiger charge is 2.28. The van der Waals surface area contributed by atoms with Gasteiger partial charge in [0.05, 0.1) is 6.10 Å². The maximum atomic E-state index is 11.5. The van der Waals surface area contributed by atoms with Gasteiger partial charge in [-0.3, -0.25) is 4.79 Å². The first kappa shape index (κ1) is 14.4. The van der Waals surface area contributed by atoms with E-state index in [-0.39, 0.29) is 0 Å². The molecular weight excluding hydrogens is 194 g/mol. The van der Waals surface area contributed by atoms with E-state index >= 15 is 0 Å². The second kappa shape index (κ2) is 5.47. The average Bonchev–Trinajstić information content (AvgIpc) is 1.98. The lowest BCUT2D eigenvalue weighted by Crippen LogP contribution is -2.45.